The summed E-state index contributed by atoms with van der Waals surface area (Å²) in [4.78, 5) is 25.8. The summed E-state index contributed by atoms with van der Waals surface area (Å²) in [5.74, 6) is 0.908. The van der Waals surface area contributed by atoms with Gasteiger partial charge in [0.15, 0.2) is 0 Å². The highest BCUT2D eigenvalue weighted by atomic mass is 16.2. The fourth-order valence-corrected chi connectivity index (χ4v) is 5.29. The van der Waals surface area contributed by atoms with E-state index in [9.17, 15) is 4.79 Å². The molecule has 0 unspecified atom stereocenters. The van der Waals surface area contributed by atoms with Gasteiger partial charge in [-0.2, -0.15) is 10.4 Å². The van der Waals surface area contributed by atoms with E-state index >= 15 is 0 Å². The van der Waals surface area contributed by atoms with Crippen LogP contribution in [0.1, 0.15) is 32.6 Å². The summed E-state index contributed by atoms with van der Waals surface area (Å²) in [6, 6.07) is 3.96. The largest absolute Gasteiger partial charge is 0.346 e. The molecular weight excluding hydrogens is 366 g/mol. The first-order chi connectivity index (χ1) is 14.1. The number of rotatable bonds is 4. The Labute approximate surface area is 168 Å². The molecular formula is C21H23N7O. The van der Waals surface area contributed by atoms with E-state index in [0.717, 1.165) is 54.6 Å². The van der Waals surface area contributed by atoms with Crippen molar-refractivity contribution in [2.24, 2.45) is 11.8 Å². The van der Waals surface area contributed by atoms with Crippen molar-refractivity contribution in [1.29, 1.82) is 5.26 Å². The predicted molar refractivity (Wildman–Crippen MR) is 106 cm³/mol. The van der Waals surface area contributed by atoms with E-state index in [4.69, 9.17) is 10.4 Å². The summed E-state index contributed by atoms with van der Waals surface area (Å²) in [7, 11) is 0. The molecule has 1 N–H and O–H groups in total. The van der Waals surface area contributed by atoms with E-state index in [1.54, 1.807) is 6.33 Å². The number of likely N-dealkylation sites (tertiary alicyclic amines) is 1. The van der Waals surface area contributed by atoms with Gasteiger partial charge in [0.25, 0.3) is 0 Å². The number of aromatic nitrogens is 5. The first-order valence-electron chi connectivity index (χ1n) is 10.1. The molecule has 0 bridgehead atoms. The van der Waals surface area contributed by atoms with Crippen LogP contribution >= 0.6 is 0 Å². The van der Waals surface area contributed by atoms with Gasteiger partial charge in [-0.05, 0) is 37.2 Å². The molecule has 5 rings (SSSR count). The van der Waals surface area contributed by atoms with E-state index in [2.05, 4.69) is 32.8 Å². The third kappa shape index (κ3) is 2.80. The van der Waals surface area contributed by atoms with Crippen LogP contribution in [0.15, 0.2) is 31.0 Å². The van der Waals surface area contributed by atoms with Gasteiger partial charge in [-0.3, -0.25) is 9.48 Å². The fraction of sp³-hybridized carbons (Fsp3) is 0.476. The smallest absolute Gasteiger partial charge is 0.236 e. The maximum absolute atomic E-state index is 12.1. The van der Waals surface area contributed by atoms with Crippen molar-refractivity contribution < 1.29 is 4.79 Å². The minimum absolute atomic E-state index is 0.0204. The number of carbonyl (C=O) groups excluding carboxylic acids is 1. The third-order valence-electron chi connectivity index (χ3n) is 6.80. The van der Waals surface area contributed by atoms with Crippen LogP contribution in [0, 0.1) is 23.2 Å². The maximum Gasteiger partial charge on any atom is 0.236 e. The van der Waals surface area contributed by atoms with Crippen molar-refractivity contribution in [3.63, 3.8) is 0 Å². The van der Waals surface area contributed by atoms with Crippen LogP contribution in [-0.2, 0) is 10.3 Å². The number of aromatic amines is 1. The Morgan fingerprint density at radius 2 is 2.14 bits per heavy atom. The van der Waals surface area contributed by atoms with Crippen molar-refractivity contribution in [3.8, 4) is 17.3 Å². The number of carbonyl (C=O) groups is 1. The van der Waals surface area contributed by atoms with Gasteiger partial charge in [0.05, 0.1) is 23.5 Å². The van der Waals surface area contributed by atoms with Crippen LogP contribution in [0.4, 0.5) is 0 Å². The molecule has 2 aliphatic rings. The lowest BCUT2D eigenvalue weighted by Gasteiger charge is -2.31. The number of H-pyrrole nitrogens is 1. The Balaban J connectivity index is 1.40. The lowest BCUT2D eigenvalue weighted by molar-refractivity contribution is -0.129. The summed E-state index contributed by atoms with van der Waals surface area (Å²) in [6.45, 7) is 3.74. The molecule has 3 aromatic rings. The Bertz CT molecular complexity index is 1090. The minimum atomic E-state index is -0.0374. The summed E-state index contributed by atoms with van der Waals surface area (Å²) in [6.07, 6.45) is 10.4. The second-order valence-corrected chi connectivity index (χ2v) is 8.28. The number of hydrogen-bond donors (Lipinski definition) is 1. The topological polar surface area (TPSA) is 103 Å². The molecule has 4 heterocycles. The fourth-order valence-electron chi connectivity index (χ4n) is 5.29. The van der Waals surface area contributed by atoms with Gasteiger partial charge in [-0.15, -0.1) is 0 Å². The van der Waals surface area contributed by atoms with E-state index in [1.165, 1.54) is 0 Å². The quantitative estimate of drug-likeness (QED) is 0.739. The molecule has 0 aromatic carbocycles. The van der Waals surface area contributed by atoms with Gasteiger partial charge in [0.1, 0.15) is 18.4 Å². The Hall–Kier alpha value is -3.21. The monoisotopic (exact) mass is 389 g/mol. The summed E-state index contributed by atoms with van der Waals surface area (Å²) < 4.78 is 2.13. The number of amides is 1. The van der Waals surface area contributed by atoms with E-state index in [0.29, 0.717) is 11.8 Å². The zero-order valence-electron chi connectivity index (χ0n) is 16.4. The van der Waals surface area contributed by atoms with Crippen molar-refractivity contribution in [2.45, 2.75) is 38.1 Å². The molecule has 0 radical (unpaired) electrons. The summed E-state index contributed by atoms with van der Waals surface area (Å²) in [5, 5.41) is 14.5. The molecule has 8 nitrogen and oxygen atoms in total. The van der Waals surface area contributed by atoms with Gasteiger partial charge in [-0.1, -0.05) is 6.92 Å². The normalized spacial score (nSPS) is 26.0. The molecule has 29 heavy (non-hydrogen) atoms. The second-order valence-electron chi connectivity index (χ2n) is 8.28. The van der Waals surface area contributed by atoms with Crippen molar-refractivity contribution in [1.82, 2.24) is 29.6 Å². The number of fused-ring (bicyclic) bond motifs is 2. The Morgan fingerprint density at radius 1 is 1.34 bits per heavy atom. The molecule has 1 aliphatic carbocycles. The molecule has 1 saturated heterocycles. The zero-order chi connectivity index (χ0) is 20.0. The van der Waals surface area contributed by atoms with Gasteiger partial charge < -0.3 is 9.88 Å². The van der Waals surface area contributed by atoms with Crippen molar-refractivity contribution >= 4 is 16.9 Å². The Morgan fingerprint density at radius 3 is 2.86 bits per heavy atom. The van der Waals surface area contributed by atoms with Gasteiger partial charge in [0, 0.05) is 36.4 Å². The number of nitriles is 1. The maximum atomic E-state index is 12.1. The van der Waals surface area contributed by atoms with Crippen LogP contribution in [-0.4, -0.2) is 48.6 Å². The number of nitrogens with zero attached hydrogens (tertiary/aromatic N) is 6. The van der Waals surface area contributed by atoms with Crippen LogP contribution in [0.2, 0.25) is 0 Å². The number of nitrogens with one attached hydrogen (secondary N) is 1. The average Bonchev–Trinajstić information content (AvgIpc) is 3.49. The second kappa shape index (κ2) is 6.69. The highest BCUT2D eigenvalue weighted by Crippen LogP contribution is 2.49. The van der Waals surface area contributed by atoms with Gasteiger partial charge >= 0.3 is 0 Å². The Kier molecular flexibility index (Phi) is 4.12. The van der Waals surface area contributed by atoms with Crippen LogP contribution in [0.5, 0.6) is 0 Å². The molecule has 3 atom stereocenters. The zero-order valence-corrected chi connectivity index (χ0v) is 16.4. The van der Waals surface area contributed by atoms with Gasteiger partial charge in [0.2, 0.25) is 5.91 Å². The first kappa shape index (κ1) is 17.9. The van der Waals surface area contributed by atoms with Gasteiger partial charge in [-0.25, -0.2) is 9.97 Å². The molecule has 1 saturated carbocycles. The lowest BCUT2D eigenvalue weighted by atomic mass is 9.92. The molecule has 0 spiro atoms. The molecule has 148 valence electrons. The standard InChI is InChI=1S/C21H23N7O/c1-2-21(7-14-10-27(11-15(14)8-21)18(29)3-5-22)28-12-16(9-26-28)19-17-4-6-23-20(17)25-13-24-19/h4,6,9,12-15H,2-3,7-8,10-11H2,1H3,(H,23,24,25)/t14-,15+,21+. The van der Waals surface area contributed by atoms with E-state index in [-0.39, 0.29) is 17.9 Å². The molecule has 3 aromatic heterocycles. The predicted octanol–water partition coefficient (Wildman–Crippen LogP) is 2.71. The van der Waals surface area contributed by atoms with Crippen molar-refractivity contribution in [3.05, 3.63) is 31.0 Å². The van der Waals surface area contributed by atoms with Crippen LogP contribution in [0.25, 0.3) is 22.3 Å². The third-order valence-corrected chi connectivity index (χ3v) is 6.80. The number of hydrogen-bond acceptors (Lipinski definition) is 5. The first-order valence-corrected chi connectivity index (χ1v) is 10.1. The molecule has 1 aliphatic heterocycles. The minimum Gasteiger partial charge on any atom is -0.346 e. The summed E-state index contributed by atoms with van der Waals surface area (Å²) in [5.41, 5.74) is 2.68. The SMILES string of the molecule is CC[C@@]1(n2cc(-c3ncnc4[nH]ccc34)cn2)C[C@H]2CN(C(=O)CC#N)C[C@H]2C1. The highest BCUT2D eigenvalue weighted by Gasteiger charge is 2.50. The average molecular weight is 389 g/mol. The lowest BCUT2D eigenvalue weighted by Crippen LogP contribution is -2.35. The molecule has 1 amide bonds. The molecule has 8 heteroatoms. The summed E-state index contributed by atoms with van der Waals surface area (Å²) >= 11 is 0. The van der Waals surface area contributed by atoms with Crippen LogP contribution in [0.3, 0.4) is 0 Å². The molecule has 2 fully saturated rings. The van der Waals surface area contributed by atoms with Crippen molar-refractivity contribution in [2.75, 3.05) is 13.1 Å². The van der Waals surface area contributed by atoms with Crippen LogP contribution < -0.4 is 0 Å². The van der Waals surface area contributed by atoms with E-state index in [1.807, 2.05) is 29.4 Å². The van der Waals surface area contributed by atoms with E-state index < -0.39 is 0 Å². The highest BCUT2D eigenvalue weighted by molar-refractivity contribution is 5.90.